The number of unbranched alkanes of at least 4 members (excludes halogenated alkanes) is 3. The largest absolute Gasteiger partial charge is 0.488 e. The van der Waals surface area contributed by atoms with Crippen LogP contribution >= 0.6 is 0 Å². The Hall–Kier alpha value is -1.46. The number of rotatable bonds is 7. The van der Waals surface area contributed by atoms with Gasteiger partial charge in [0.05, 0.1) is 18.0 Å². The molecule has 3 nitrogen and oxygen atoms in total. The van der Waals surface area contributed by atoms with E-state index in [4.69, 9.17) is 10.5 Å². The van der Waals surface area contributed by atoms with Crippen LogP contribution in [0, 0.1) is 0 Å². The van der Waals surface area contributed by atoms with Gasteiger partial charge in [0.1, 0.15) is 11.4 Å². The standard InChI is InChI=1S/C14H21F3N2O/c1-3-4-5-6-7-10(2)20-12-8-13(14(15,16)17)19-9-11(12)18/h8-10H,3-7,18H2,1-2H3. The fraction of sp³-hybridized carbons (Fsp3) is 0.643. The highest BCUT2D eigenvalue weighted by molar-refractivity contribution is 5.51. The monoisotopic (exact) mass is 290 g/mol. The SMILES string of the molecule is CCCCCCC(C)Oc1cc(C(F)(F)F)ncc1N. The van der Waals surface area contributed by atoms with Crippen LogP contribution in [0.2, 0.25) is 0 Å². The molecule has 1 rings (SSSR count). The van der Waals surface area contributed by atoms with Crippen LogP contribution in [0.5, 0.6) is 5.75 Å². The van der Waals surface area contributed by atoms with Gasteiger partial charge in [0.15, 0.2) is 0 Å². The van der Waals surface area contributed by atoms with Crippen LogP contribution in [-0.4, -0.2) is 11.1 Å². The second-order valence-corrected chi connectivity index (χ2v) is 4.88. The fourth-order valence-electron chi connectivity index (χ4n) is 1.84. The molecule has 0 aliphatic heterocycles. The number of alkyl halides is 3. The smallest absolute Gasteiger partial charge is 0.433 e. The van der Waals surface area contributed by atoms with Crippen molar-refractivity contribution < 1.29 is 17.9 Å². The van der Waals surface area contributed by atoms with Gasteiger partial charge >= 0.3 is 6.18 Å². The minimum Gasteiger partial charge on any atom is -0.488 e. The fourth-order valence-corrected chi connectivity index (χ4v) is 1.84. The molecule has 0 bridgehead atoms. The summed E-state index contributed by atoms with van der Waals surface area (Å²) in [6.45, 7) is 3.95. The average Bonchev–Trinajstić information content (AvgIpc) is 2.36. The molecule has 0 fully saturated rings. The molecule has 0 aliphatic rings. The van der Waals surface area contributed by atoms with Crippen LogP contribution in [0.1, 0.15) is 51.6 Å². The third kappa shape index (κ3) is 5.27. The first-order chi connectivity index (χ1) is 9.34. The van der Waals surface area contributed by atoms with Crippen molar-refractivity contribution in [3.63, 3.8) is 0 Å². The summed E-state index contributed by atoms with van der Waals surface area (Å²) in [5.41, 5.74) is 4.74. The third-order valence-electron chi connectivity index (χ3n) is 2.98. The Morgan fingerprint density at radius 1 is 1.30 bits per heavy atom. The van der Waals surface area contributed by atoms with E-state index in [2.05, 4.69) is 11.9 Å². The number of hydrogen-bond acceptors (Lipinski definition) is 3. The lowest BCUT2D eigenvalue weighted by Crippen LogP contribution is -2.15. The van der Waals surface area contributed by atoms with Gasteiger partial charge in [0, 0.05) is 6.07 Å². The van der Waals surface area contributed by atoms with Crippen molar-refractivity contribution in [3.8, 4) is 5.75 Å². The van der Waals surface area contributed by atoms with Crippen molar-refractivity contribution in [2.45, 2.75) is 58.2 Å². The molecule has 20 heavy (non-hydrogen) atoms. The van der Waals surface area contributed by atoms with Gasteiger partial charge in [-0.25, -0.2) is 4.98 Å². The Balaban J connectivity index is 2.62. The molecule has 2 N–H and O–H groups in total. The summed E-state index contributed by atoms with van der Waals surface area (Å²) < 4.78 is 43.2. The average molecular weight is 290 g/mol. The molecule has 1 unspecified atom stereocenters. The number of nitrogens with two attached hydrogens (primary N) is 1. The van der Waals surface area contributed by atoms with E-state index in [0.717, 1.165) is 44.4 Å². The van der Waals surface area contributed by atoms with E-state index in [1.54, 1.807) is 0 Å². The third-order valence-corrected chi connectivity index (χ3v) is 2.98. The number of hydrogen-bond donors (Lipinski definition) is 1. The van der Waals surface area contributed by atoms with Crippen LogP contribution < -0.4 is 10.5 Å². The molecule has 0 aliphatic carbocycles. The van der Waals surface area contributed by atoms with E-state index >= 15 is 0 Å². The molecule has 6 heteroatoms. The van der Waals surface area contributed by atoms with Gasteiger partial charge < -0.3 is 10.5 Å². The molecule has 1 aromatic heterocycles. The lowest BCUT2D eigenvalue weighted by molar-refractivity contribution is -0.141. The summed E-state index contributed by atoms with van der Waals surface area (Å²) in [5, 5.41) is 0. The molecule has 0 aromatic carbocycles. The number of nitrogen functional groups attached to an aromatic ring is 1. The van der Waals surface area contributed by atoms with Crippen LogP contribution in [-0.2, 0) is 6.18 Å². The summed E-state index contributed by atoms with van der Waals surface area (Å²) in [4.78, 5) is 3.27. The zero-order valence-electron chi connectivity index (χ0n) is 11.8. The molecule has 114 valence electrons. The molecule has 1 heterocycles. The highest BCUT2D eigenvalue weighted by Crippen LogP contribution is 2.32. The van der Waals surface area contributed by atoms with Gasteiger partial charge in [0.2, 0.25) is 0 Å². The lowest BCUT2D eigenvalue weighted by atomic mass is 10.1. The number of halogens is 3. The lowest BCUT2D eigenvalue weighted by Gasteiger charge is -2.17. The molecule has 0 spiro atoms. The van der Waals surface area contributed by atoms with Gasteiger partial charge in [0.25, 0.3) is 0 Å². The maximum Gasteiger partial charge on any atom is 0.433 e. The van der Waals surface area contributed by atoms with E-state index in [9.17, 15) is 13.2 Å². The first kappa shape index (κ1) is 16.6. The maximum atomic E-state index is 12.6. The van der Waals surface area contributed by atoms with Crippen molar-refractivity contribution in [1.82, 2.24) is 4.98 Å². The van der Waals surface area contributed by atoms with E-state index < -0.39 is 11.9 Å². The van der Waals surface area contributed by atoms with Crippen molar-refractivity contribution >= 4 is 5.69 Å². The summed E-state index contributed by atoms with van der Waals surface area (Å²) in [6.07, 6.45) is 1.51. The quantitative estimate of drug-likeness (QED) is 0.756. The molecule has 1 atom stereocenters. The van der Waals surface area contributed by atoms with Gasteiger partial charge in [-0.2, -0.15) is 13.2 Å². The van der Waals surface area contributed by atoms with E-state index in [1.165, 1.54) is 0 Å². The predicted molar refractivity (Wildman–Crippen MR) is 72.5 cm³/mol. The number of nitrogens with zero attached hydrogens (tertiary/aromatic N) is 1. The second-order valence-electron chi connectivity index (χ2n) is 4.88. The summed E-state index contributed by atoms with van der Waals surface area (Å²) in [5.74, 6) is 0.0512. The zero-order chi connectivity index (χ0) is 15.2. The predicted octanol–water partition coefficient (Wildman–Crippen LogP) is 4.42. The normalized spacial score (nSPS) is 13.2. The van der Waals surface area contributed by atoms with Gasteiger partial charge in [-0.3, -0.25) is 0 Å². The Morgan fingerprint density at radius 2 is 2.00 bits per heavy atom. The molecule has 0 saturated heterocycles. The van der Waals surface area contributed by atoms with Crippen LogP contribution in [0.3, 0.4) is 0 Å². The number of ether oxygens (including phenoxy) is 1. The molecule has 0 radical (unpaired) electrons. The van der Waals surface area contributed by atoms with Crippen molar-refractivity contribution in [2.24, 2.45) is 0 Å². The Labute approximate surface area is 117 Å². The van der Waals surface area contributed by atoms with E-state index in [0.29, 0.717) is 0 Å². The first-order valence-corrected chi connectivity index (χ1v) is 6.84. The number of aromatic nitrogens is 1. The Kier molecular flexibility index (Phi) is 6.10. The second kappa shape index (κ2) is 7.36. The van der Waals surface area contributed by atoms with E-state index in [-0.39, 0.29) is 17.5 Å². The summed E-state index contributed by atoms with van der Waals surface area (Å²) in [7, 11) is 0. The summed E-state index contributed by atoms with van der Waals surface area (Å²) >= 11 is 0. The van der Waals surface area contributed by atoms with Crippen LogP contribution in [0.4, 0.5) is 18.9 Å². The first-order valence-electron chi connectivity index (χ1n) is 6.84. The molecular weight excluding hydrogens is 269 g/mol. The minimum atomic E-state index is -4.49. The highest BCUT2D eigenvalue weighted by atomic mass is 19.4. The Morgan fingerprint density at radius 3 is 2.60 bits per heavy atom. The molecule has 1 aromatic rings. The molecular formula is C14H21F3N2O. The van der Waals surface area contributed by atoms with Crippen molar-refractivity contribution in [3.05, 3.63) is 18.0 Å². The minimum absolute atomic E-state index is 0.0512. The van der Waals surface area contributed by atoms with Crippen molar-refractivity contribution in [2.75, 3.05) is 5.73 Å². The number of pyridine rings is 1. The van der Waals surface area contributed by atoms with Crippen molar-refractivity contribution in [1.29, 1.82) is 0 Å². The van der Waals surface area contributed by atoms with Gasteiger partial charge in [-0.05, 0) is 19.8 Å². The van der Waals surface area contributed by atoms with E-state index in [1.807, 2.05) is 6.92 Å². The zero-order valence-corrected chi connectivity index (χ0v) is 11.8. The molecule has 0 saturated carbocycles. The number of anilines is 1. The maximum absolute atomic E-state index is 12.6. The summed E-state index contributed by atoms with van der Waals surface area (Å²) in [6, 6.07) is 0.859. The molecule has 0 amide bonds. The van der Waals surface area contributed by atoms with Gasteiger partial charge in [-0.1, -0.05) is 26.2 Å². The van der Waals surface area contributed by atoms with Gasteiger partial charge in [-0.15, -0.1) is 0 Å². The van der Waals surface area contributed by atoms with Crippen LogP contribution in [0.25, 0.3) is 0 Å². The highest BCUT2D eigenvalue weighted by Gasteiger charge is 2.33. The topological polar surface area (TPSA) is 48.1 Å². The van der Waals surface area contributed by atoms with Crippen LogP contribution in [0.15, 0.2) is 12.3 Å². The Bertz CT molecular complexity index is 421.